The average Bonchev–Trinajstić information content (AvgIpc) is 3.01. The third-order valence-electron chi connectivity index (χ3n) is 4.82. The predicted molar refractivity (Wildman–Crippen MR) is 77.6 cm³/mol. The van der Waals surface area contributed by atoms with Gasteiger partial charge in [-0.15, -0.1) is 0 Å². The summed E-state index contributed by atoms with van der Waals surface area (Å²) in [6.07, 6.45) is 5.03. The lowest BCUT2D eigenvalue weighted by molar-refractivity contribution is -0.138. The number of carbonyl (C=O) groups excluding carboxylic acids is 1. The number of hydrogen-bond acceptors (Lipinski definition) is 4. The summed E-state index contributed by atoms with van der Waals surface area (Å²) in [5, 5.41) is 3.34. The quantitative estimate of drug-likeness (QED) is 0.809. The van der Waals surface area contributed by atoms with E-state index >= 15 is 0 Å². The molecule has 1 N–H and O–H groups in total. The van der Waals surface area contributed by atoms with Gasteiger partial charge in [0.2, 0.25) is 5.91 Å². The van der Waals surface area contributed by atoms with E-state index in [-0.39, 0.29) is 5.92 Å². The van der Waals surface area contributed by atoms with Crippen LogP contribution >= 0.6 is 0 Å². The van der Waals surface area contributed by atoms with Crippen molar-refractivity contribution < 1.29 is 9.53 Å². The molecule has 3 saturated heterocycles. The molecule has 3 heterocycles. The van der Waals surface area contributed by atoms with E-state index < -0.39 is 0 Å². The van der Waals surface area contributed by atoms with Crippen LogP contribution in [0.25, 0.3) is 0 Å². The van der Waals surface area contributed by atoms with Gasteiger partial charge in [0, 0.05) is 45.9 Å². The summed E-state index contributed by atoms with van der Waals surface area (Å²) in [7, 11) is 0. The van der Waals surface area contributed by atoms with E-state index in [2.05, 4.69) is 15.1 Å². The topological polar surface area (TPSA) is 44.8 Å². The standard InChI is InChI=1S/C15H27N3O2/c19-15(13-3-1-5-16-11-13)18-8-6-17(7-9-18)12-14-4-2-10-20-14/h13-14,16H,1-12H2. The molecule has 0 aliphatic carbocycles. The molecule has 0 bridgehead atoms. The fraction of sp³-hybridized carbons (Fsp3) is 0.933. The van der Waals surface area contributed by atoms with Crippen LogP contribution in [0.3, 0.4) is 0 Å². The van der Waals surface area contributed by atoms with Crippen LogP contribution in [0.1, 0.15) is 25.7 Å². The maximum absolute atomic E-state index is 12.4. The van der Waals surface area contributed by atoms with Crippen molar-refractivity contribution in [2.45, 2.75) is 31.8 Å². The van der Waals surface area contributed by atoms with Crippen molar-refractivity contribution in [3.05, 3.63) is 0 Å². The van der Waals surface area contributed by atoms with E-state index in [9.17, 15) is 4.79 Å². The second-order valence-electron chi connectivity index (χ2n) is 6.30. The number of carbonyl (C=O) groups is 1. The van der Waals surface area contributed by atoms with Gasteiger partial charge < -0.3 is 15.0 Å². The Morgan fingerprint density at radius 3 is 2.65 bits per heavy atom. The van der Waals surface area contributed by atoms with Crippen LogP contribution in [-0.4, -0.2) is 74.2 Å². The minimum atomic E-state index is 0.216. The molecule has 3 aliphatic rings. The van der Waals surface area contributed by atoms with Gasteiger partial charge in [0.1, 0.15) is 0 Å². The van der Waals surface area contributed by atoms with E-state index in [0.29, 0.717) is 12.0 Å². The summed E-state index contributed by atoms with van der Waals surface area (Å²) in [5.74, 6) is 0.586. The summed E-state index contributed by atoms with van der Waals surface area (Å²) >= 11 is 0. The van der Waals surface area contributed by atoms with Gasteiger partial charge in [0.15, 0.2) is 0 Å². The van der Waals surface area contributed by atoms with Crippen LogP contribution in [0, 0.1) is 5.92 Å². The molecule has 0 saturated carbocycles. The Kier molecular flexibility index (Phi) is 4.91. The SMILES string of the molecule is O=C(C1CCCNC1)N1CCN(CC2CCCO2)CC1. The molecular weight excluding hydrogens is 254 g/mol. The molecule has 3 fully saturated rings. The lowest BCUT2D eigenvalue weighted by atomic mass is 9.98. The highest BCUT2D eigenvalue weighted by Crippen LogP contribution is 2.17. The Morgan fingerprint density at radius 1 is 1.15 bits per heavy atom. The number of piperazine rings is 1. The third kappa shape index (κ3) is 3.51. The van der Waals surface area contributed by atoms with Crippen LogP contribution < -0.4 is 5.32 Å². The molecule has 3 aliphatic heterocycles. The van der Waals surface area contributed by atoms with Gasteiger partial charge in [0.25, 0.3) is 0 Å². The zero-order valence-electron chi connectivity index (χ0n) is 12.4. The molecule has 0 aromatic carbocycles. The van der Waals surface area contributed by atoms with E-state index in [1.54, 1.807) is 0 Å². The summed E-state index contributed by atoms with van der Waals surface area (Å²) < 4.78 is 5.69. The Bertz CT molecular complexity index is 317. The minimum absolute atomic E-state index is 0.216. The molecular formula is C15H27N3O2. The number of nitrogens with one attached hydrogen (secondary N) is 1. The maximum Gasteiger partial charge on any atom is 0.227 e. The number of amides is 1. The lowest BCUT2D eigenvalue weighted by Crippen LogP contribution is -2.53. The number of ether oxygens (including phenoxy) is 1. The zero-order valence-corrected chi connectivity index (χ0v) is 12.4. The fourth-order valence-corrected chi connectivity index (χ4v) is 3.55. The van der Waals surface area contributed by atoms with E-state index in [1.807, 2.05) is 0 Å². The summed E-state index contributed by atoms with van der Waals surface area (Å²) in [5.41, 5.74) is 0. The first-order valence-electron chi connectivity index (χ1n) is 8.16. The number of nitrogens with zero attached hydrogens (tertiary/aromatic N) is 2. The van der Waals surface area contributed by atoms with Gasteiger partial charge in [-0.3, -0.25) is 9.69 Å². The van der Waals surface area contributed by atoms with Crippen molar-refractivity contribution in [1.82, 2.24) is 15.1 Å². The molecule has 0 aromatic heterocycles. The van der Waals surface area contributed by atoms with Gasteiger partial charge >= 0.3 is 0 Å². The Balaban J connectivity index is 1.41. The van der Waals surface area contributed by atoms with Crippen molar-refractivity contribution in [2.75, 3.05) is 52.4 Å². The summed E-state index contributed by atoms with van der Waals surface area (Å²) in [4.78, 5) is 17.0. The van der Waals surface area contributed by atoms with Gasteiger partial charge in [-0.2, -0.15) is 0 Å². The molecule has 0 radical (unpaired) electrons. The molecule has 20 heavy (non-hydrogen) atoms. The van der Waals surface area contributed by atoms with E-state index in [1.165, 1.54) is 12.8 Å². The Hall–Kier alpha value is -0.650. The Labute approximate surface area is 121 Å². The smallest absolute Gasteiger partial charge is 0.227 e. The van der Waals surface area contributed by atoms with Crippen LogP contribution in [0.15, 0.2) is 0 Å². The molecule has 2 atom stereocenters. The van der Waals surface area contributed by atoms with Crippen molar-refractivity contribution >= 4 is 5.91 Å². The molecule has 2 unspecified atom stereocenters. The van der Waals surface area contributed by atoms with Gasteiger partial charge in [-0.05, 0) is 32.2 Å². The lowest BCUT2D eigenvalue weighted by Gasteiger charge is -2.37. The maximum atomic E-state index is 12.4. The van der Waals surface area contributed by atoms with Gasteiger partial charge in [0.05, 0.1) is 12.0 Å². The van der Waals surface area contributed by atoms with Crippen LogP contribution in [0.2, 0.25) is 0 Å². The van der Waals surface area contributed by atoms with Gasteiger partial charge in [-0.25, -0.2) is 0 Å². The second kappa shape index (κ2) is 6.87. The first kappa shape index (κ1) is 14.3. The average molecular weight is 281 g/mol. The van der Waals surface area contributed by atoms with Crippen LogP contribution in [-0.2, 0) is 9.53 Å². The summed E-state index contributed by atoms with van der Waals surface area (Å²) in [6.45, 7) is 7.71. The van der Waals surface area contributed by atoms with Crippen molar-refractivity contribution in [3.63, 3.8) is 0 Å². The first-order valence-corrected chi connectivity index (χ1v) is 8.16. The molecule has 1 amide bonds. The second-order valence-corrected chi connectivity index (χ2v) is 6.30. The van der Waals surface area contributed by atoms with Gasteiger partial charge in [-0.1, -0.05) is 0 Å². The van der Waals surface area contributed by atoms with Crippen LogP contribution in [0.5, 0.6) is 0 Å². The molecule has 0 aromatic rings. The highest BCUT2D eigenvalue weighted by molar-refractivity contribution is 5.79. The van der Waals surface area contributed by atoms with E-state index in [0.717, 1.165) is 65.3 Å². The van der Waals surface area contributed by atoms with E-state index in [4.69, 9.17) is 4.74 Å². The normalized spacial score (nSPS) is 32.5. The number of hydrogen-bond donors (Lipinski definition) is 1. The third-order valence-corrected chi connectivity index (χ3v) is 4.82. The number of rotatable bonds is 3. The van der Waals surface area contributed by atoms with Crippen molar-refractivity contribution in [2.24, 2.45) is 5.92 Å². The zero-order chi connectivity index (χ0) is 13.8. The molecule has 114 valence electrons. The molecule has 3 rings (SSSR count). The van der Waals surface area contributed by atoms with Crippen LogP contribution in [0.4, 0.5) is 0 Å². The minimum Gasteiger partial charge on any atom is -0.377 e. The highest BCUT2D eigenvalue weighted by Gasteiger charge is 2.29. The Morgan fingerprint density at radius 2 is 2.00 bits per heavy atom. The summed E-state index contributed by atoms with van der Waals surface area (Å²) in [6, 6.07) is 0. The van der Waals surface area contributed by atoms with Crippen molar-refractivity contribution in [3.8, 4) is 0 Å². The predicted octanol–water partition coefficient (Wildman–Crippen LogP) is 0.309. The molecule has 5 nitrogen and oxygen atoms in total. The number of piperidine rings is 1. The highest BCUT2D eigenvalue weighted by atomic mass is 16.5. The first-order chi connectivity index (χ1) is 9.83. The molecule has 0 spiro atoms. The fourth-order valence-electron chi connectivity index (χ4n) is 3.55. The molecule has 5 heteroatoms. The monoisotopic (exact) mass is 281 g/mol. The van der Waals surface area contributed by atoms with Crippen molar-refractivity contribution in [1.29, 1.82) is 0 Å². The largest absolute Gasteiger partial charge is 0.377 e.